The molecule has 2 nitrogen and oxygen atoms in total. The minimum atomic E-state index is -0.551. The minimum Gasteiger partial charge on any atom is -0.397 e. The van der Waals surface area contributed by atoms with Crippen LogP contribution in [0.15, 0.2) is 34.8 Å². The summed E-state index contributed by atoms with van der Waals surface area (Å²) in [6.45, 7) is 0. The Bertz CT molecular complexity index is 605. The molecule has 0 saturated heterocycles. The van der Waals surface area contributed by atoms with Crippen LogP contribution in [0.1, 0.15) is 0 Å². The molecule has 0 atom stereocenters. The lowest BCUT2D eigenvalue weighted by atomic mass is 10.2. The Kier molecular flexibility index (Phi) is 4.00. The second kappa shape index (κ2) is 5.34. The summed E-state index contributed by atoms with van der Waals surface area (Å²) >= 11 is 15.0. The summed E-state index contributed by atoms with van der Waals surface area (Å²) in [5.41, 5.74) is 7.22. The molecule has 0 aliphatic heterocycles. The zero-order valence-electron chi connectivity index (χ0n) is 8.98. The molecule has 2 aromatic carbocycles. The highest BCUT2D eigenvalue weighted by Gasteiger charge is 2.08. The summed E-state index contributed by atoms with van der Waals surface area (Å²) in [4.78, 5) is 0. The molecule has 6 heteroatoms. The molecule has 18 heavy (non-hydrogen) atoms. The fourth-order valence-electron chi connectivity index (χ4n) is 1.41. The average Bonchev–Trinajstić information content (AvgIpc) is 2.30. The lowest BCUT2D eigenvalue weighted by Gasteiger charge is -2.12. The van der Waals surface area contributed by atoms with E-state index >= 15 is 0 Å². The van der Waals surface area contributed by atoms with Gasteiger partial charge in [0.15, 0.2) is 0 Å². The number of hydrogen-bond donors (Lipinski definition) is 2. The van der Waals surface area contributed by atoms with Crippen molar-refractivity contribution in [3.63, 3.8) is 0 Å². The van der Waals surface area contributed by atoms with E-state index in [0.717, 1.165) is 10.2 Å². The third kappa shape index (κ3) is 2.88. The highest BCUT2D eigenvalue weighted by molar-refractivity contribution is 9.10. The van der Waals surface area contributed by atoms with Gasteiger partial charge in [0.05, 0.1) is 22.1 Å². The Hall–Kier alpha value is -0.970. The van der Waals surface area contributed by atoms with E-state index in [1.165, 1.54) is 12.1 Å². The van der Waals surface area contributed by atoms with Crippen molar-refractivity contribution in [2.24, 2.45) is 0 Å². The van der Waals surface area contributed by atoms with Crippen molar-refractivity contribution < 1.29 is 4.39 Å². The summed E-state index contributed by atoms with van der Waals surface area (Å²) in [7, 11) is 0. The molecule has 0 radical (unpaired) electrons. The van der Waals surface area contributed by atoms with Gasteiger partial charge in [-0.15, -0.1) is 0 Å². The van der Waals surface area contributed by atoms with Gasteiger partial charge in [-0.05, 0) is 40.2 Å². The van der Waals surface area contributed by atoms with Gasteiger partial charge in [-0.3, -0.25) is 0 Å². The average molecular weight is 350 g/mol. The molecule has 0 heterocycles. The largest absolute Gasteiger partial charge is 0.397 e. The standard InChI is InChI=1S/C12H8BrCl2FN2/c13-7-2-1-6(14)3-11(7)18-12-4-8(15)9(16)5-10(12)17/h1-5,18H,17H2. The van der Waals surface area contributed by atoms with Crippen molar-refractivity contribution in [3.05, 3.63) is 50.7 Å². The number of nitrogens with two attached hydrogens (primary N) is 1. The molecule has 0 aliphatic rings. The van der Waals surface area contributed by atoms with Crippen LogP contribution in [0, 0.1) is 5.82 Å². The number of halogens is 4. The van der Waals surface area contributed by atoms with Crippen molar-refractivity contribution >= 4 is 56.2 Å². The molecule has 0 unspecified atom stereocenters. The maximum Gasteiger partial charge on any atom is 0.143 e. The molecular formula is C12H8BrCl2FN2. The van der Waals surface area contributed by atoms with Crippen LogP contribution >= 0.6 is 39.1 Å². The number of anilines is 3. The van der Waals surface area contributed by atoms with Gasteiger partial charge >= 0.3 is 0 Å². The smallest absolute Gasteiger partial charge is 0.143 e. The molecule has 0 fully saturated rings. The Morgan fingerprint density at radius 2 is 1.83 bits per heavy atom. The summed E-state index contributed by atoms with van der Waals surface area (Å²) in [5, 5.41) is 3.62. The van der Waals surface area contributed by atoms with Crippen LogP contribution in [0.2, 0.25) is 10.0 Å². The predicted octanol–water partition coefficient (Wildman–Crippen LogP) is 5.22. The van der Waals surface area contributed by atoms with Crippen LogP contribution in [0.3, 0.4) is 0 Å². The monoisotopic (exact) mass is 348 g/mol. The van der Waals surface area contributed by atoms with E-state index in [2.05, 4.69) is 21.2 Å². The second-order valence-electron chi connectivity index (χ2n) is 3.60. The van der Waals surface area contributed by atoms with E-state index in [9.17, 15) is 4.39 Å². The molecule has 2 aromatic rings. The lowest BCUT2D eigenvalue weighted by molar-refractivity contribution is 0.629. The van der Waals surface area contributed by atoms with Crippen molar-refractivity contribution in [1.29, 1.82) is 0 Å². The lowest BCUT2D eigenvalue weighted by Crippen LogP contribution is -1.98. The molecule has 0 aliphatic carbocycles. The molecule has 3 N–H and O–H groups in total. The number of nitrogens with one attached hydrogen (secondary N) is 1. The van der Waals surface area contributed by atoms with E-state index in [1.54, 1.807) is 18.2 Å². The zero-order chi connectivity index (χ0) is 13.3. The van der Waals surface area contributed by atoms with E-state index in [-0.39, 0.29) is 10.7 Å². The highest BCUT2D eigenvalue weighted by Crippen LogP contribution is 2.33. The Labute approximate surface area is 122 Å². The van der Waals surface area contributed by atoms with Gasteiger partial charge in [0, 0.05) is 15.6 Å². The summed E-state index contributed by atoms with van der Waals surface area (Å²) in [6.07, 6.45) is 0. The molecule has 0 bridgehead atoms. The van der Waals surface area contributed by atoms with Crippen LogP contribution in [-0.4, -0.2) is 0 Å². The third-order valence-electron chi connectivity index (χ3n) is 2.29. The molecule has 2 rings (SSSR count). The van der Waals surface area contributed by atoms with Crippen LogP contribution in [-0.2, 0) is 0 Å². The topological polar surface area (TPSA) is 38.0 Å². The SMILES string of the molecule is Nc1cc(F)c(Cl)cc1Nc1cc(Cl)ccc1Br. The molecular weight excluding hydrogens is 342 g/mol. The van der Waals surface area contributed by atoms with E-state index in [1.807, 2.05) is 0 Å². The van der Waals surface area contributed by atoms with Gasteiger partial charge in [-0.25, -0.2) is 4.39 Å². The maximum absolute atomic E-state index is 13.2. The van der Waals surface area contributed by atoms with Crippen molar-refractivity contribution in [2.75, 3.05) is 11.1 Å². The summed E-state index contributed by atoms with van der Waals surface area (Å²) in [5.74, 6) is -0.551. The van der Waals surface area contributed by atoms with Crippen LogP contribution in [0.5, 0.6) is 0 Å². The number of hydrogen-bond acceptors (Lipinski definition) is 2. The number of nitrogen functional groups attached to an aromatic ring is 1. The Morgan fingerprint density at radius 3 is 2.56 bits per heavy atom. The minimum absolute atomic E-state index is 0.00449. The molecule has 0 aromatic heterocycles. The van der Waals surface area contributed by atoms with E-state index in [0.29, 0.717) is 10.7 Å². The summed E-state index contributed by atoms with van der Waals surface area (Å²) in [6, 6.07) is 7.87. The van der Waals surface area contributed by atoms with Crippen molar-refractivity contribution in [3.8, 4) is 0 Å². The van der Waals surface area contributed by atoms with Gasteiger partial charge in [0.1, 0.15) is 5.82 Å². The molecule has 0 spiro atoms. The van der Waals surface area contributed by atoms with Gasteiger partial charge in [-0.1, -0.05) is 23.2 Å². The zero-order valence-corrected chi connectivity index (χ0v) is 12.1. The first-order chi connectivity index (χ1) is 8.47. The molecule has 0 saturated carbocycles. The normalized spacial score (nSPS) is 10.4. The van der Waals surface area contributed by atoms with E-state index < -0.39 is 5.82 Å². The van der Waals surface area contributed by atoms with Gasteiger partial charge in [0.2, 0.25) is 0 Å². The number of rotatable bonds is 2. The second-order valence-corrected chi connectivity index (χ2v) is 5.30. The van der Waals surface area contributed by atoms with Gasteiger partial charge in [-0.2, -0.15) is 0 Å². The number of benzene rings is 2. The first-order valence-corrected chi connectivity index (χ1v) is 6.49. The van der Waals surface area contributed by atoms with Gasteiger partial charge < -0.3 is 11.1 Å². The Morgan fingerprint density at radius 1 is 1.11 bits per heavy atom. The predicted molar refractivity (Wildman–Crippen MR) is 78.3 cm³/mol. The fourth-order valence-corrected chi connectivity index (χ4v) is 2.09. The van der Waals surface area contributed by atoms with Crippen molar-refractivity contribution in [2.45, 2.75) is 0 Å². The van der Waals surface area contributed by atoms with Crippen LogP contribution in [0.25, 0.3) is 0 Å². The summed E-state index contributed by atoms with van der Waals surface area (Å²) < 4.78 is 14.0. The first kappa shape index (κ1) is 13.5. The first-order valence-electron chi connectivity index (χ1n) is 4.94. The van der Waals surface area contributed by atoms with Crippen molar-refractivity contribution in [1.82, 2.24) is 0 Å². The Balaban J connectivity index is 2.40. The van der Waals surface area contributed by atoms with E-state index in [4.69, 9.17) is 28.9 Å². The maximum atomic E-state index is 13.2. The quantitative estimate of drug-likeness (QED) is 0.729. The molecule has 94 valence electrons. The molecule has 0 amide bonds. The highest BCUT2D eigenvalue weighted by atomic mass is 79.9. The fraction of sp³-hybridized carbons (Fsp3) is 0. The van der Waals surface area contributed by atoms with Gasteiger partial charge in [0.25, 0.3) is 0 Å². The van der Waals surface area contributed by atoms with Crippen LogP contribution < -0.4 is 11.1 Å². The van der Waals surface area contributed by atoms with Crippen LogP contribution in [0.4, 0.5) is 21.5 Å². The third-order valence-corrected chi connectivity index (χ3v) is 3.51.